The minimum Gasteiger partial charge on any atom is -0.284 e. The molecule has 0 spiro atoms. The maximum Gasteiger partial charge on any atom is 0.262 e. The van der Waals surface area contributed by atoms with Crippen LogP contribution in [0.3, 0.4) is 0 Å². The Morgan fingerprint density at radius 3 is 2.50 bits per heavy atom. The molecule has 0 atom stereocenters. The number of para-hydroxylation sites is 1. The molecule has 4 rings (SSSR count). The van der Waals surface area contributed by atoms with Gasteiger partial charge in [-0.05, 0) is 30.5 Å². The maximum absolute atomic E-state index is 13.1. The Morgan fingerprint density at radius 1 is 1.00 bits per heavy atom. The molecule has 1 aromatic heterocycles. The highest BCUT2D eigenvalue weighted by atomic mass is 32.2. The second kappa shape index (κ2) is 6.81. The monoisotopic (exact) mass is 336 g/mol. The molecule has 4 heteroatoms. The number of nitrogens with zero attached hydrogens (tertiary/aromatic N) is 2. The van der Waals surface area contributed by atoms with Crippen LogP contribution in [-0.4, -0.2) is 9.55 Å². The van der Waals surface area contributed by atoms with Crippen molar-refractivity contribution >= 4 is 22.7 Å². The zero-order chi connectivity index (χ0) is 16.4. The first-order chi connectivity index (χ1) is 11.8. The second-order valence-corrected chi connectivity index (χ2v) is 7.24. The largest absolute Gasteiger partial charge is 0.284 e. The first-order valence-corrected chi connectivity index (χ1v) is 9.49. The number of fused-ring (bicyclic) bond motifs is 1. The molecule has 3 aromatic rings. The van der Waals surface area contributed by atoms with E-state index in [1.807, 2.05) is 47.0 Å². The van der Waals surface area contributed by atoms with Crippen molar-refractivity contribution in [2.24, 2.45) is 0 Å². The van der Waals surface area contributed by atoms with Crippen LogP contribution in [0.1, 0.15) is 37.3 Å². The van der Waals surface area contributed by atoms with Crippen LogP contribution in [0.4, 0.5) is 0 Å². The first-order valence-electron chi connectivity index (χ1n) is 8.51. The van der Waals surface area contributed by atoms with Crippen molar-refractivity contribution in [2.75, 3.05) is 0 Å². The summed E-state index contributed by atoms with van der Waals surface area (Å²) in [6, 6.07) is 18.3. The molecule has 24 heavy (non-hydrogen) atoms. The molecule has 2 aromatic carbocycles. The average Bonchev–Trinajstić information content (AvgIpc) is 3.15. The summed E-state index contributed by atoms with van der Waals surface area (Å²) < 4.78 is 1.96. The third-order valence-corrected chi connectivity index (χ3v) is 5.70. The third-order valence-electron chi connectivity index (χ3n) is 4.68. The second-order valence-electron chi connectivity index (χ2n) is 6.30. The molecule has 1 fully saturated rings. The molecule has 0 N–H and O–H groups in total. The van der Waals surface area contributed by atoms with E-state index in [0.717, 1.165) is 34.7 Å². The summed E-state index contributed by atoms with van der Waals surface area (Å²) in [6.07, 6.45) is 4.57. The predicted molar refractivity (Wildman–Crippen MR) is 99.5 cm³/mol. The lowest BCUT2D eigenvalue weighted by Gasteiger charge is -2.18. The van der Waals surface area contributed by atoms with E-state index >= 15 is 0 Å². The van der Waals surface area contributed by atoms with Gasteiger partial charge in [-0.1, -0.05) is 67.1 Å². The van der Waals surface area contributed by atoms with Crippen molar-refractivity contribution in [1.29, 1.82) is 0 Å². The molecule has 1 heterocycles. The van der Waals surface area contributed by atoms with Crippen LogP contribution in [0, 0.1) is 0 Å². The normalized spacial score (nSPS) is 15.2. The molecule has 1 aliphatic rings. The molecule has 0 unspecified atom stereocenters. The summed E-state index contributed by atoms with van der Waals surface area (Å²) in [5, 5.41) is 1.59. The third kappa shape index (κ3) is 2.98. The molecule has 0 saturated heterocycles. The average molecular weight is 336 g/mol. The summed E-state index contributed by atoms with van der Waals surface area (Å²) in [5.74, 6) is 0.832. The van der Waals surface area contributed by atoms with Gasteiger partial charge in [0.2, 0.25) is 0 Å². The van der Waals surface area contributed by atoms with Crippen LogP contribution in [0.2, 0.25) is 0 Å². The molecule has 0 amide bonds. The SMILES string of the molecule is O=c1c2ccccc2nc(SCc2ccccc2)n1C1CCCC1. The van der Waals surface area contributed by atoms with E-state index in [4.69, 9.17) is 4.98 Å². The molecular formula is C20H20N2OS. The van der Waals surface area contributed by atoms with Gasteiger partial charge < -0.3 is 0 Å². The number of aromatic nitrogens is 2. The van der Waals surface area contributed by atoms with Gasteiger partial charge in [0.15, 0.2) is 5.16 Å². The van der Waals surface area contributed by atoms with E-state index in [1.54, 1.807) is 11.8 Å². The predicted octanol–water partition coefficient (Wildman–Crippen LogP) is 4.80. The van der Waals surface area contributed by atoms with Crippen LogP contribution < -0.4 is 5.56 Å². The van der Waals surface area contributed by atoms with Crippen LogP contribution in [0.15, 0.2) is 64.5 Å². The van der Waals surface area contributed by atoms with Gasteiger partial charge in [-0.3, -0.25) is 9.36 Å². The Balaban J connectivity index is 1.77. The Hall–Kier alpha value is -2.07. The Labute approximate surface area is 145 Å². The van der Waals surface area contributed by atoms with Gasteiger partial charge >= 0.3 is 0 Å². The van der Waals surface area contributed by atoms with Crippen molar-refractivity contribution in [3.05, 3.63) is 70.5 Å². The molecule has 3 nitrogen and oxygen atoms in total. The number of hydrogen-bond acceptors (Lipinski definition) is 3. The fourth-order valence-corrected chi connectivity index (χ4v) is 4.46. The van der Waals surface area contributed by atoms with Crippen LogP contribution in [0.25, 0.3) is 10.9 Å². The van der Waals surface area contributed by atoms with E-state index in [0.29, 0.717) is 6.04 Å². The fourth-order valence-electron chi connectivity index (χ4n) is 3.43. The maximum atomic E-state index is 13.1. The first kappa shape index (κ1) is 15.5. The minimum absolute atomic E-state index is 0.114. The Kier molecular flexibility index (Phi) is 4.39. The number of hydrogen-bond donors (Lipinski definition) is 0. The molecule has 0 bridgehead atoms. The Bertz CT molecular complexity index is 898. The van der Waals surface area contributed by atoms with Crippen molar-refractivity contribution in [3.8, 4) is 0 Å². The van der Waals surface area contributed by atoms with E-state index in [-0.39, 0.29) is 5.56 Å². The lowest BCUT2D eigenvalue weighted by Crippen LogP contribution is -2.26. The molecule has 1 aliphatic carbocycles. The standard InChI is InChI=1S/C20H20N2OS/c23-19-17-12-6-7-13-18(17)21-20(22(19)16-10-4-5-11-16)24-14-15-8-2-1-3-9-15/h1-3,6-9,12-13,16H,4-5,10-11,14H2. The van der Waals surface area contributed by atoms with E-state index in [2.05, 4.69) is 12.1 Å². The molecule has 0 aliphatic heterocycles. The quantitative estimate of drug-likeness (QED) is 0.507. The number of benzene rings is 2. The highest BCUT2D eigenvalue weighted by Crippen LogP contribution is 2.32. The molecular weight excluding hydrogens is 316 g/mol. The number of thioether (sulfide) groups is 1. The topological polar surface area (TPSA) is 34.9 Å². The van der Waals surface area contributed by atoms with Crippen molar-refractivity contribution in [2.45, 2.75) is 42.6 Å². The van der Waals surface area contributed by atoms with Crippen LogP contribution in [0.5, 0.6) is 0 Å². The van der Waals surface area contributed by atoms with Gasteiger partial charge in [-0.15, -0.1) is 0 Å². The zero-order valence-electron chi connectivity index (χ0n) is 13.5. The van der Waals surface area contributed by atoms with Gasteiger partial charge in [-0.2, -0.15) is 0 Å². The van der Waals surface area contributed by atoms with Crippen LogP contribution >= 0.6 is 11.8 Å². The lowest BCUT2D eigenvalue weighted by atomic mass is 10.2. The summed E-state index contributed by atoms with van der Waals surface area (Å²) in [5.41, 5.74) is 2.17. The van der Waals surface area contributed by atoms with Crippen molar-refractivity contribution in [1.82, 2.24) is 9.55 Å². The van der Waals surface area contributed by atoms with Gasteiger partial charge in [-0.25, -0.2) is 4.98 Å². The zero-order valence-corrected chi connectivity index (χ0v) is 14.3. The smallest absolute Gasteiger partial charge is 0.262 e. The van der Waals surface area contributed by atoms with E-state index in [9.17, 15) is 4.79 Å². The van der Waals surface area contributed by atoms with E-state index in [1.165, 1.54) is 18.4 Å². The van der Waals surface area contributed by atoms with Crippen molar-refractivity contribution in [3.63, 3.8) is 0 Å². The fraction of sp³-hybridized carbons (Fsp3) is 0.300. The summed E-state index contributed by atoms with van der Waals surface area (Å²) in [4.78, 5) is 17.9. The molecule has 122 valence electrons. The number of rotatable bonds is 4. The van der Waals surface area contributed by atoms with Crippen LogP contribution in [-0.2, 0) is 5.75 Å². The lowest BCUT2D eigenvalue weighted by molar-refractivity contribution is 0.457. The molecule has 0 radical (unpaired) electrons. The molecule has 1 saturated carbocycles. The summed E-state index contributed by atoms with van der Waals surface area (Å²) in [6.45, 7) is 0. The van der Waals surface area contributed by atoms with E-state index < -0.39 is 0 Å². The van der Waals surface area contributed by atoms with Crippen molar-refractivity contribution < 1.29 is 0 Å². The highest BCUT2D eigenvalue weighted by molar-refractivity contribution is 7.98. The highest BCUT2D eigenvalue weighted by Gasteiger charge is 2.22. The van der Waals surface area contributed by atoms with Gasteiger partial charge in [0.25, 0.3) is 5.56 Å². The van der Waals surface area contributed by atoms with Gasteiger partial charge in [0.05, 0.1) is 10.9 Å². The minimum atomic E-state index is 0.114. The summed E-state index contributed by atoms with van der Waals surface area (Å²) >= 11 is 1.67. The Morgan fingerprint density at radius 2 is 1.71 bits per heavy atom. The van der Waals surface area contributed by atoms with Gasteiger partial charge in [0.1, 0.15) is 0 Å². The van der Waals surface area contributed by atoms with Gasteiger partial charge in [0, 0.05) is 11.8 Å². The summed E-state index contributed by atoms with van der Waals surface area (Å²) in [7, 11) is 0.